The fraction of sp³-hybridized carbons (Fsp3) is 0.176. The number of benzene rings is 2. The molecule has 0 spiro atoms. The number of carbonyl (C=O) groups is 1. The zero-order valence-electron chi connectivity index (χ0n) is 12.3. The minimum Gasteiger partial charge on any atom is -0.337 e. The molecule has 0 bridgehead atoms. The second-order valence-corrected chi connectivity index (χ2v) is 5.05. The lowest BCUT2D eigenvalue weighted by Gasteiger charge is -2.18. The number of carbonyl (C=O) groups excluding carboxylic acids is 1. The van der Waals surface area contributed by atoms with Crippen LogP contribution in [0.4, 0.5) is 13.2 Å². The standard InChI is InChI=1S/C17H13F3N2O/c1-22(11-13-4-2-12(10-21)3-5-13)16(23)14-6-8-15(9-7-14)17(18,19)20/h2-9H,11H2,1H3. The van der Waals surface area contributed by atoms with Crippen LogP contribution < -0.4 is 0 Å². The summed E-state index contributed by atoms with van der Waals surface area (Å²) in [6.07, 6.45) is -4.42. The Morgan fingerprint density at radius 3 is 2.13 bits per heavy atom. The molecule has 0 saturated heterocycles. The highest BCUT2D eigenvalue weighted by molar-refractivity contribution is 5.94. The summed E-state index contributed by atoms with van der Waals surface area (Å²) in [7, 11) is 1.57. The van der Waals surface area contributed by atoms with Gasteiger partial charge in [-0.3, -0.25) is 4.79 Å². The van der Waals surface area contributed by atoms with Crippen molar-refractivity contribution in [2.24, 2.45) is 0 Å². The molecule has 0 aliphatic rings. The highest BCUT2D eigenvalue weighted by Gasteiger charge is 2.30. The van der Waals surface area contributed by atoms with Crippen LogP contribution in [0.5, 0.6) is 0 Å². The van der Waals surface area contributed by atoms with Gasteiger partial charge in [-0.15, -0.1) is 0 Å². The molecule has 0 fully saturated rings. The first kappa shape index (κ1) is 16.6. The minimum atomic E-state index is -4.42. The van der Waals surface area contributed by atoms with E-state index in [9.17, 15) is 18.0 Å². The highest BCUT2D eigenvalue weighted by Crippen LogP contribution is 2.29. The Morgan fingerprint density at radius 1 is 1.09 bits per heavy atom. The lowest BCUT2D eigenvalue weighted by Crippen LogP contribution is -2.26. The summed E-state index contributed by atoms with van der Waals surface area (Å²) < 4.78 is 37.5. The topological polar surface area (TPSA) is 44.1 Å². The van der Waals surface area contributed by atoms with E-state index in [1.165, 1.54) is 17.0 Å². The Labute approximate surface area is 131 Å². The lowest BCUT2D eigenvalue weighted by atomic mass is 10.1. The van der Waals surface area contributed by atoms with Crippen molar-refractivity contribution in [2.45, 2.75) is 12.7 Å². The molecule has 2 rings (SSSR count). The van der Waals surface area contributed by atoms with E-state index >= 15 is 0 Å². The zero-order chi connectivity index (χ0) is 17.0. The van der Waals surface area contributed by atoms with Crippen molar-refractivity contribution in [3.8, 4) is 6.07 Å². The second kappa shape index (κ2) is 6.53. The van der Waals surface area contributed by atoms with E-state index in [0.29, 0.717) is 12.1 Å². The van der Waals surface area contributed by atoms with Crippen LogP contribution in [0.25, 0.3) is 0 Å². The maximum atomic E-state index is 12.5. The molecule has 2 aromatic carbocycles. The number of rotatable bonds is 3. The molecule has 0 unspecified atom stereocenters. The van der Waals surface area contributed by atoms with E-state index in [4.69, 9.17) is 5.26 Å². The van der Waals surface area contributed by atoms with Gasteiger partial charge in [0.2, 0.25) is 0 Å². The van der Waals surface area contributed by atoms with Gasteiger partial charge in [0.05, 0.1) is 17.2 Å². The summed E-state index contributed by atoms with van der Waals surface area (Å²) in [5, 5.41) is 8.73. The first-order valence-corrected chi connectivity index (χ1v) is 6.73. The number of nitrogens with zero attached hydrogens (tertiary/aromatic N) is 2. The van der Waals surface area contributed by atoms with Crippen LogP contribution in [0.2, 0.25) is 0 Å². The first-order chi connectivity index (χ1) is 10.8. The van der Waals surface area contributed by atoms with Crippen LogP contribution in [-0.2, 0) is 12.7 Å². The molecule has 6 heteroatoms. The van der Waals surface area contributed by atoms with Gasteiger partial charge in [0.1, 0.15) is 0 Å². The summed E-state index contributed by atoms with van der Waals surface area (Å²) in [5.74, 6) is -0.372. The van der Waals surface area contributed by atoms with Crippen LogP contribution in [0.3, 0.4) is 0 Å². The van der Waals surface area contributed by atoms with E-state index in [-0.39, 0.29) is 11.5 Å². The smallest absolute Gasteiger partial charge is 0.337 e. The van der Waals surface area contributed by atoms with Gasteiger partial charge in [-0.2, -0.15) is 18.4 Å². The number of hydrogen-bond donors (Lipinski definition) is 0. The Bertz CT molecular complexity index is 728. The fourth-order valence-electron chi connectivity index (χ4n) is 2.05. The molecule has 0 aliphatic carbocycles. The summed E-state index contributed by atoms with van der Waals surface area (Å²) in [6, 6.07) is 12.9. The van der Waals surface area contributed by atoms with Crippen molar-refractivity contribution in [2.75, 3.05) is 7.05 Å². The third kappa shape index (κ3) is 4.10. The summed E-state index contributed by atoms with van der Waals surface area (Å²) in [5.41, 5.74) is 0.746. The van der Waals surface area contributed by atoms with Crippen LogP contribution >= 0.6 is 0 Å². The molecule has 0 atom stereocenters. The van der Waals surface area contributed by atoms with Gasteiger partial charge in [-0.05, 0) is 42.0 Å². The van der Waals surface area contributed by atoms with Gasteiger partial charge < -0.3 is 4.90 Å². The molecule has 0 aliphatic heterocycles. The van der Waals surface area contributed by atoms with Crippen molar-refractivity contribution >= 4 is 5.91 Å². The molecular formula is C17H13F3N2O. The first-order valence-electron chi connectivity index (χ1n) is 6.73. The molecule has 0 saturated carbocycles. The molecule has 0 radical (unpaired) electrons. The van der Waals surface area contributed by atoms with Gasteiger partial charge in [-0.1, -0.05) is 12.1 Å². The SMILES string of the molecule is CN(Cc1ccc(C#N)cc1)C(=O)c1ccc(C(F)(F)F)cc1. The molecular weight excluding hydrogens is 305 g/mol. The highest BCUT2D eigenvalue weighted by atomic mass is 19.4. The van der Waals surface area contributed by atoms with E-state index < -0.39 is 11.7 Å². The van der Waals surface area contributed by atoms with Crippen molar-refractivity contribution in [3.63, 3.8) is 0 Å². The van der Waals surface area contributed by atoms with E-state index in [0.717, 1.165) is 17.7 Å². The summed E-state index contributed by atoms with van der Waals surface area (Å²) in [6.45, 7) is 0.297. The van der Waals surface area contributed by atoms with Crippen LogP contribution in [0.1, 0.15) is 27.0 Å². The van der Waals surface area contributed by atoms with Crippen LogP contribution in [-0.4, -0.2) is 17.9 Å². The number of alkyl halides is 3. The Morgan fingerprint density at radius 2 is 1.65 bits per heavy atom. The average molecular weight is 318 g/mol. The number of nitriles is 1. The Kier molecular flexibility index (Phi) is 4.70. The van der Waals surface area contributed by atoms with Gasteiger partial charge in [0.15, 0.2) is 0 Å². The quantitative estimate of drug-likeness (QED) is 0.863. The molecule has 0 N–H and O–H groups in total. The van der Waals surface area contributed by atoms with Crippen molar-refractivity contribution in [3.05, 3.63) is 70.8 Å². The van der Waals surface area contributed by atoms with E-state index in [1.807, 2.05) is 6.07 Å². The molecule has 23 heavy (non-hydrogen) atoms. The monoisotopic (exact) mass is 318 g/mol. The molecule has 118 valence electrons. The van der Waals surface area contributed by atoms with E-state index in [1.54, 1.807) is 31.3 Å². The summed E-state index contributed by atoms with van der Waals surface area (Å²) >= 11 is 0. The fourth-order valence-corrected chi connectivity index (χ4v) is 2.05. The van der Waals surface area contributed by atoms with Crippen LogP contribution in [0, 0.1) is 11.3 Å². The molecule has 1 amide bonds. The zero-order valence-corrected chi connectivity index (χ0v) is 12.3. The van der Waals surface area contributed by atoms with Gasteiger partial charge in [0, 0.05) is 19.2 Å². The van der Waals surface area contributed by atoms with Gasteiger partial charge in [0.25, 0.3) is 5.91 Å². The predicted molar refractivity (Wildman–Crippen MR) is 78.4 cm³/mol. The minimum absolute atomic E-state index is 0.189. The lowest BCUT2D eigenvalue weighted by molar-refractivity contribution is -0.137. The number of halogens is 3. The molecule has 0 heterocycles. The third-order valence-electron chi connectivity index (χ3n) is 3.31. The molecule has 3 nitrogen and oxygen atoms in total. The van der Waals surface area contributed by atoms with Crippen molar-refractivity contribution in [1.29, 1.82) is 5.26 Å². The maximum Gasteiger partial charge on any atom is 0.416 e. The normalized spacial score (nSPS) is 10.9. The van der Waals surface area contributed by atoms with Crippen molar-refractivity contribution < 1.29 is 18.0 Å². The second-order valence-electron chi connectivity index (χ2n) is 5.05. The Balaban J connectivity index is 2.08. The van der Waals surface area contributed by atoms with Crippen molar-refractivity contribution in [1.82, 2.24) is 4.90 Å². The van der Waals surface area contributed by atoms with E-state index in [2.05, 4.69) is 0 Å². The predicted octanol–water partition coefficient (Wildman–Crippen LogP) is 3.85. The maximum absolute atomic E-state index is 12.5. The van der Waals surface area contributed by atoms with Crippen LogP contribution in [0.15, 0.2) is 48.5 Å². The van der Waals surface area contributed by atoms with Gasteiger partial charge in [-0.25, -0.2) is 0 Å². The Hall–Kier alpha value is -2.81. The summed E-state index contributed by atoms with van der Waals surface area (Å²) in [4.78, 5) is 13.6. The average Bonchev–Trinajstić information content (AvgIpc) is 2.54. The number of amides is 1. The molecule has 0 aromatic heterocycles. The number of hydrogen-bond acceptors (Lipinski definition) is 2. The third-order valence-corrected chi connectivity index (χ3v) is 3.31. The van der Waals surface area contributed by atoms with Gasteiger partial charge >= 0.3 is 6.18 Å². The molecule has 2 aromatic rings. The largest absolute Gasteiger partial charge is 0.416 e.